The molecule has 0 amide bonds. The molecule has 0 heterocycles. The number of hydrogen-bond acceptors (Lipinski definition) is 5. The van der Waals surface area contributed by atoms with Crippen molar-refractivity contribution in [1.82, 2.24) is 0 Å². The van der Waals surface area contributed by atoms with E-state index in [4.69, 9.17) is 4.74 Å². The van der Waals surface area contributed by atoms with Crippen LogP contribution in [0.15, 0.2) is 12.2 Å². The van der Waals surface area contributed by atoms with Gasteiger partial charge in [0.25, 0.3) is 0 Å². The van der Waals surface area contributed by atoms with Gasteiger partial charge in [0, 0.05) is 43.9 Å². The van der Waals surface area contributed by atoms with Crippen LogP contribution in [0, 0.1) is 35.5 Å². The van der Waals surface area contributed by atoms with Gasteiger partial charge in [0.2, 0.25) is 0 Å². The average Bonchev–Trinajstić information content (AvgIpc) is 3.22. The van der Waals surface area contributed by atoms with E-state index in [1.807, 2.05) is 26.0 Å². The molecule has 0 spiro atoms. The lowest BCUT2D eigenvalue weighted by molar-refractivity contribution is -0.161. The van der Waals surface area contributed by atoms with Gasteiger partial charge in [-0.25, -0.2) is 0 Å². The van der Waals surface area contributed by atoms with Gasteiger partial charge >= 0.3 is 11.9 Å². The number of esters is 2. The summed E-state index contributed by atoms with van der Waals surface area (Å²) in [5.41, 5.74) is 0. The highest BCUT2D eigenvalue weighted by Gasteiger charge is 2.38. The van der Waals surface area contributed by atoms with E-state index in [0.717, 1.165) is 32.1 Å². The second kappa shape index (κ2) is 12.5. The zero-order chi connectivity index (χ0) is 21.9. The minimum atomic E-state index is -0.628. The van der Waals surface area contributed by atoms with Crippen molar-refractivity contribution in [3.05, 3.63) is 12.2 Å². The monoisotopic (exact) mass is 414 g/mol. The van der Waals surface area contributed by atoms with Crippen LogP contribution >= 0.6 is 0 Å². The van der Waals surface area contributed by atoms with Gasteiger partial charge in [0.15, 0.2) is 0 Å². The van der Waals surface area contributed by atoms with Crippen molar-refractivity contribution in [2.24, 2.45) is 23.7 Å². The molecule has 30 heavy (non-hydrogen) atoms. The summed E-state index contributed by atoms with van der Waals surface area (Å²) in [6.45, 7) is 4.03. The first-order valence-electron chi connectivity index (χ1n) is 11.4. The van der Waals surface area contributed by atoms with E-state index in [2.05, 4.69) is 11.8 Å². The molecule has 2 aliphatic rings. The topological polar surface area (TPSA) is 77.5 Å². The predicted octanol–water partition coefficient (Wildman–Crippen LogP) is 4.58. The predicted molar refractivity (Wildman–Crippen MR) is 114 cm³/mol. The molecule has 0 radical (unpaired) electrons. The van der Waals surface area contributed by atoms with Crippen molar-refractivity contribution in [2.45, 2.75) is 84.5 Å². The molecule has 0 aliphatic heterocycles. The summed E-state index contributed by atoms with van der Waals surface area (Å²) in [6.07, 6.45) is 10.3. The third kappa shape index (κ3) is 7.23. The van der Waals surface area contributed by atoms with Crippen molar-refractivity contribution in [2.75, 3.05) is 0 Å². The standard InChI is InChI=1S/C25H34O5/c1-3-5-7-9-10-18-12-14-23(27)21(18)17-25(29)30-24(28)16-19-13-15-22(26)20(19)11-8-6-4-2/h6,8,18-21H,3-4,9-17H2,1-2H3/b8-6-. The van der Waals surface area contributed by atoms with E-state index in [1.165, 1.54) is 0 Å². The Balaban J connectivity index is 1.83. The van der Waals surface area contributed by atoms with Gasteiger partial charge in [-0.2, -0.15) is 0 Å². The fraction of sp³-hybridized carbons (Fsp3) is 0.680. The summed E-state index contributed by atoms with van der Waals surface area (Å²) in [5.74, 6) is 4.69. The number of ether oxygens (including phenoxy) is 1. The van der Waals surface area contributed by atoms with Gasteiger partial charge in [0.05, 0.1) is 6.42 Å². The Morgan fingerprint density at radius 3 is 2.30 bits per heavy atom. The molecule has 5 nitrogen and oxygen atoms in total. The van der Waals surface area contributed by atoms with Crippen molar-refractivity contribution < 1.29 is 23.9 Å². The molecule has 2 saturated carbocycles. The van der Waals surface area contributed by atoms with Crippen LogP contribution in [0.1, 0.15) is 84.5 Å². The number of carbonyl (C=O) groups excluding carboxylic acids is 4. The quantitative estimate of drug-likeness (QED) is 0.239. The smallest absolute Gasteiger partial charge is 0.314 e. The van der Waals surface area contributed by atoms with Crippen LogP contribution in [-0.4, -0.2) is 23.5 Å². The maximum absolute atomic E-state index is 12.3. The van der Waals surface area contributed by atoms with E-state index in [0.29, 0.717) is 25.7 Å². The van der Waals surface area contributed by atoms with E-state index < -0.39 is 11.9 Å². The average molecular weight is 415 g/mol. The van der Waals surface area contributed by atoms with Gasteiger partial charge < -0.3 is 4.74 Å². The maximum atomic E-state index is 12.3. The van der Waals surface area contributed by atoms with E-state index in [1.54, 1.807) is 0 Å². The van der Waals surface area contributed by atoms with Gasteiger partial charge in [-0.05, 0) is 43.9 Å². The maximum Gasteiger partial charge on any atom is 0.314 e. The summed E-state index contributed by atoms with van der Waals surface area (Å²) in [5, 5.41) is 0. The van der Waals surface area contributed by atoms with Crippen LogP contribution in [0.5, 0.6) is 0 Å². The number of carbonyl (C=O) groups is 4. The molecule has 2 rings (SSSR count). The molecule has 2 fully saturated rings. The van der Waals surface area contributed by atoms with Gasteiger partial charge in [0.1, 0.15) is 11.6 Å². The first kappa shape index (κ1) is 24.1. The molecular formula is C25H34O5. The summed E-state index contributed by atoms with van der Waals surface area (Å²) in [7, 11) is 0. The molecule has 0 aromatic heterocycles. The van der Waals surface area contributed by atoms with Crippen LogP contribution in [-0.2, 0) is 23.9 Å². The van der Waals surface area contributed by atoms with Crippen LogP contribution in [0.3, 0.4) is 0 Å². The summed E-state index contributed by atoms with van der Waals surface area (Å²) in [4.78, 5) is 48.9. The zero-order valence-electron chi connectivity index (χ0n) is 18.3. The van der Waals surface area contributed by atoms with Gasteiger partial charge in [-0.15, -0.1) is 11.8 Å². The minimum Gasteiger partial charge on any atom is -0.393 e. The van der Waals surface area contributed by atoms with Crippen LogP contribution in [0.2, 0.25) is 0 Å². The van der Waals surface area contributed by atoms with Gasteiger partial charge in [-0.1, -0.05) is 26.0 Å². The molecule has 2 aliphatic carbocycles. The van der Waals surface area contributed by atoms with Crippen LogP contribution < -0.4 is 0 Å². The first-order valence-corrected chi connectivity index (χ1v) is 11.4. The molecule has 4 atom stereocenters. The Hall–Kier alpha value is -2.22. The molecule has 4 unspecified atom stereocenters. The molecule has 5 heteroatoms. The summed E-state index contributed by atoms with van der Waals surface area (Å²) >= 11 is 0. The number of allylic oxidation sites excluding steroid dienone is 2. The highest BCUT2D eigenvalue weighted by Crippen LogP contribution is 2.36. The molecule has 0 aromatic rings. The summed E-state index contributed by atoms with van der Waals surface area (Å²) in [6, 6.07) is 0. The Labute approximate surface area is 180 Å². The second-order valence-electron chi connectivity index (χ2n) is 8.36. The van der Waals surface area contributed by atoms with Crippen LogP contribution in [0.4, 0.5) is 0 Å². The van der Waals surface area contributed by atoms with E-state index in [-0.39, 0.29) is 48.1 Å². The highest BCUT2D eigenvalue weighted by molar-refractivity contribution is 5.91. The molecule has 0 N–H and O–H groups in total. The number of ketones is 2. The first-order chi connectivity index (χ1) is 14.5. The minimum absolute atomic E-state index is 0.0390. The third-order valence-electron chi connectivity index (χ3n) is 6.27. The Morgan fingerprint density at radius 1 is 0.933 bits per heavy atom. The van der Waals surface area contributed by atoms with Crippen molar-refractivity contribution in [3.63, 3.8) is 0 Å². The fourth-order valence-corrected chi connectivity index (χ4v) is 4.63. The van der Waals surface area contributed by atoms with Crippen molar-refractivity contribution >= 4 is 23.5 Å². The van der Waals surface area contributed by atoms with E-state index in [9.17, 15) is 19.2 Å². The van der Waals surface area contributed by atoms with E-state index >= 15 is 0 Å². The molecule has 0 aromatic carbocycles. The second-order valence-corrected chi connectivity index (χ2v) is 8.36. The summed E-state index contributed by atoms with van der Waals surface area (Å²) < 4.78 is 5.04. The number of hydrogen-bond donors (Lipinski definition) is 0. The van der Waals surface area contributed by atoms with Crippen molar-refractivity contribution in [1.29, 1.82) is 0 Å². The zero-order valence-corrected chi connectivity index (χ0v) is 18.3. The lowest BCUT2D eigenvalue weighted by Gasteiger charge is -2.18. The SMILES string of the molecule is CCC#CCCC1CCC(=O)C1CC(=O)OC(=O)CC1CCC(=O)C1C/C=C\CC. The Bertz CT molecular complexity index is 724. The van der Waals surface area contributed by atoms with Gasteiger partial charge in [-0.3, -0.25) is 19.2 Å². The molecule has 0 saturated heterocycles. The lowest BCUT2D eigenvalue weighted by Crippen LogP contribution is -2.24. The highest BCUT2D eigenvalue weighted by atomic mass is 16.6. The Kier molecular flexibility index (Phi) is 10.00. The molecule has 0 bridgehead atoms. The Morgan fingerprint density at radius 2 is 1.60 bits per heavy atom. The fourth-order valence-electron chi connectivity index (χ4n) is 4.63. The molecular weight excluding hydrogens is 380 g/mol. The van der Waals surface area contributed by atoms with Crippen LogP contribution in [0.25, 0.3) is 0 Å². The normalized spacial score (nSPS) is 26.1. The number of Topliss-reactive ketones (excluding diaryl/α,β-unsaturated/α-hetero) is 2. The lowest BCUT2D eigenvalue weighted by atomic mass is 9.88. The third-order valence-corrected chi connectivity index (χ3v) is 6.27. The largest absolute Gasteiger partial charge is 0.393 e. The molecule has 164 valence electrons. The van der Waals surface area contributed by atoms with Crippen molar-refractivity contribution in [3.8, 4) is 11.8 Å². The number of rotatable bonds is 9.